The zero-order valence-electron chi connectivity index (χ0n) is 11.1. The molecule has 1 saturated heterocycles. The molecule has 1 aliphatic rings. The van der Waals surface area contributed by atoms with Crippen molar-refractivity contribution >= 4 is 11.9 Å². The summed E-state index contributed by atoms with van der Waals surface area (Å²) in [4.78, 5) is 25.0. The third-order valence-corrected chi connectivity index (χ3v) is 2.52. The van der Waals surface area contributed by atoms with Gasteiger partial charge in [0, 0.05) is 19.6 Å². The van der Waals surface area contributed by atoms with Gasteiger partial charge < -0.3 is 15.0 Å². The number of rotatable bonds is 3. The van der Waals surface area contributed by atoms with E-state index in [0.717, 1.165) is 6.54 Å². The lowest BCUT2D eigenvalue weighted by Crippen LogP contribution is -2.54. The molecule has 1 atom stereocenters. The van der Waals surface area contributed by atoms with Crippen LogP contribution < -0.4 is 5.32 Å². The number of nitrogens with zero attached hydrogens (tertiary/aromatic N) is 1. The van der Waals surface area contributed by atoms with E-state index in [4.69, 9.17) is 4.74 Å². The fraction of sp³-hybridized carbons (Fsp3) is 0.833. The van der Waals surface area contributed by atoms with Crippen molar-refractivity contribution in [2.45, 2.75) is 45.8 Å². The highest BCUT2D eigenvalue weighted by Gasteiger charge is 2.25. The summed E-state index contributed by atoms with van der Waals surface area (Å²) in [5.41, 5.74) is -0.460. The molecule has 1 N–H and O–H groups in total. The van der Waals surface area contributed by atoms with Crippen molar-refractivity contribution in [2.75, 3.05) is 19.6 Å². The Bertz CT molecular complexity index is 297. The summed E-state index contributed by atoms with van der Waals surface area (Å²) < 4.78 is 5.20. The van der Waals surface area contributed by atoms with Gasteiger partial charge in [0.15, 0.2) is 0 Å². The minimum Gasteiger partial charge on any atom is -0.460 e. The second kappa shape index (κ2) is 5.49. The van der Waals surface area contributed by atoms with E-state index in [9.17, 15) is 9.59 Å². The summed E-state index contributed by atoms with van der Waals surface area (Å²) in [7, 11) is 0. The van der Waals surface area contributed by atoms with E-state index >= 15 is 0 Å². The van der Waals surface area contributed by atoms with Crippen molar-refractivity contribution in [1.29, 1.82) is 0 Å². The van der Waals surface area contributed by atoms with Gasteiger partial charge in [-0.3, -0.25) is 9.59 Å². The van der Waals surface area contributed by atoms with Gasteiger partial charge in [-0.05, 0) is 27.7 Å². The number of hydrogen-bond donors (Lipinski definition) is 1. The summed E-state index contributed by atoms with van der Waals surface area (Å²) in [6, 6.07) is -0.151. The Kier molecular flexibility index (Phi) is 4.51. The molecular weight excluding hydrogens is 220 g/mol. The van der Waals surface area contributed by atoms with Gasteiger partial charge in [0.25, 0.3) is 0 Å². The number of carbonyl (C=O) groups is 2. The molecule has 0 spiro atoms. The van der Waals surface area contributed by atoms with E-state index in [1.54, 1.807) is 4.90 Å². The largest absolute Gasteiger partial charge is 0.460 e. The Morgan fingerprint density at radius 1 is 1.53 bits per heavy atom. The number of esters is 1. The minimum atomic E-state index is -0.460. The van der Waals surface area contributed by atoms with Crippen LogP contribution in [0, 0.1) is 0 Å². The van der Waals surface area contributed by atoms with Crippen LogP contribution in [0.1, 0.15) is 34.1 Å². The first kappa shape index (κ1) is 14.0. The molecule has 17 heavy (non-hydrogen) atoms. The van der Waals surface area contributed by atoms with Crippen molar-refractivity contribution in [2.24, 2.45) is 0 Å². The highest BCUT2D eigenvalue weighted by molar-refractivity contribution is 5.82. The Morgan fingerprint density at radius 2 is 2.18 bits per heavy atom. The van der Waals surface area contributed by atoms with Crippen LogP contribution in [0.2, 0.25) is 0 Å². The zero-order valence-corrected chi connectivity index (χ0v) is 11.1. The molecule has 0 aromatic heterocycles. The smallest absolute Gasteiger partial charge is 0.308 e. The molecule has 0 aromatic carbocycles. The van der Waals surface area contributed by atoms with Crippen LogP contribution in [-0.2, 0) is 14.3 Å². The quantitative estimate of drug-likeness (QED) is 0.734. The molecule has 1 heterocycles. The first-order valence-corrected chi connectivity index (χ1v) is 6.03. The average molecular weight is 242 g/mol. The molecule has 5 heteroatoms. The van der Waals surface area contributed by atoms with Crippen molar-refractivity contribution in [3.05, 3.63) is 0 Å². The molecule has 1 rings (SSSR count). The van der Waals surface area contributed by atoms with Gasteiger partial charge >= 0.3 is 5.97 Å². The fourth-order valence-corrected chi connectivity index (χ4v) is 1.73. The van der Waals surface area contributed by atoms with E-state index in [0.29, 0.717) is 13.1 Å². The second-order valence-corrected chi connectivity index (χ2v) is 5.34. The van der Waals surface area contributed by atoms with Gasteiger partial charge in [0.05, 0.1) is 12.5 Å². The summed E-state index contributed by atoms with van der Waals surface area (Å²) in [6.45, 7) is 9.23. The number of nitrogens with one attached hydrogen (secondary N) is 1. The standard InChI is InChI=1S/C12H22N2O3/c1-9-11(16)14(8-6-13-9)7-5-10(15)17-12(2,3)4/h9,13H,5-8H2,1-4H3/t9-/m0/s1. The summed E-state index contributed by atoms with van der Waals surface area (Å²) >= 11 is 0. The third kappa shape index (κ3) is 4.73. The van der Waals surface area contributed by atoms with Gasteiger partial charge in [-0.1, -0.05) is 0 Å². The molecular formula is C12H22N2O3. The van der Waals surface area contributed by atoms with Crippen LogP contribution in [0.25, 0.3) is 0 Å². The van der Waals surface area contributed by atoms with Crippen LogP contribution in [0.3, 0.4) is 0 Å². The normalized spacial score (nSPS) is 21.5. The van der Waals surface area contributed by atoms with Crippen LogP contribution in [0.4, 0.5) is 0 Å². The Labute approximate surface area is 102 Å². The Balaban J connectivity index is 2.35. The summed E-state index contributed by atoms with van der Waals surface area (Å²) in [6.07, 6.45) is 0.260. The number of hydrogen-bond acceptors (Lipinski definition) is 4. The predicted octanol–water partition coefficient (Wildman–Crippen LogP) is 0.539. The molecule has 1 amide bonds. The molecule has 0 bridgehead atoms. The van der Waals surface area contributed by atoms with Crippen LogP contribution in [0.5, 0.6) is 0 Å². The topological polar surface area (TPSA) is 58.6 Å². The van der Waals surface area contributed by atoms with E-state index < -0.39 is 5.60 Å². The molecule has 0 aromatic rings. The molecule has 0 radical (unpaired) electrons. The number of carbonyl (C=O) groups excluding carboxylic acids is 2. The molecule has 98 valence electrons. The van der Waals surface area contributed by atoms with E-state index in [-0.39, 0.29) is 24.3 Å². The van der Waals surface area contributed by atoms with E-state index in [2.05, 4.69) is 5.32 Å². The van der Waals surface area contributed by atoms with Gasteiger partial charge in [0.1, 0.15) is 5.60 Å². The van der Waals surface area contributed by atoms with Crippen LogP contribution >= 0.6 is 0 Å². The molecule has 0 saturated carbocycles. The first-order chi connectivity index (χ1) is 7.79. The first-order valence-electron chi connectivity index (χ1n) is 6.03. The molecule has 0 aliphatic carbocycles. The van der Waals surface area contributed by atoms with Crippen molar-refractivity contribution in [3.63, 3.8) is 0 Å². The zero-order chi connectivity index (χ0) is 13.1. The SMILES string of the molecule is C[C@@H]1NCCN(CCC(=O)OC(C)(C)C)C1=O. The molecule has 0 unspecified atom stereocenters. The Hall–Kier alpha value is -1.10. The second-order valence-electron chi connectivity index (χ2n) is 5.34. The third-order valence-electron chi connectivity index (χ3n) is 2.52. The summed E-state index contributed by atoms with van der Waals surface area (Å²) in [5, 5.41) is 3.08. The van der Waals surface area contributed by atoms with Crippen molar-refractivity contribution in [3.8, 4) is 0 Å². The molecule has 5 nitrogen and oxygen atoms in total. The monoisotopic (exact) mass is 242 g/mol. The molecule has 1 fully saturated rings. The van der Waals surface area contributed by atoms with E-state index in [1.807, 2.05) is 27.7 Å². The van der Waals surface area contributed by atoms with Crippen LogP contribution in [0.15, 0.2) is 0 Å². The van der Waals surface area contributed by atoms with Crippen molar-refractivity contribution in [1.82, 2.24) is 10.2 Å². The number of amides is 1. The predicted molar refractivity (Wildman–Crippen MR) is 64.5 cm³/mol. The lowest BCUT2D eigenvalue weighted by molar-refractivity contribution is -0.155. The van der Waals surface area contributed by atoms with Gasteiger partial charge in [-0.2, -0.15) is 0 Å². The van der Waals surface area contributed by atoms with Gasteiger partial charge in [-0.15, -0.1) is 0 Å². The fourth-order valence-electron chi connectivity index (χ4n) is 1.73. The maximum absolute atomic E-state index is 11.7. The van der Waals surface area contributed by atoms with Gasteiger partial charge in [-0.25, -0.2) is 0 Å². The lowest BCUT2D eigenvalue weighted by atomic mass is 10.2. The molecule has 1 aliphatic heterocycles. The maximum Gasteiger partial charge on any atom is 0.308 e. The Morgan fingerprint density at radius 3 is 2.76 bits per heavy atom. The highest BCUT2D eigenvalue weighted by Crippen LogP contribution is 2.09. The summed E-state index contributed by atoms with van der Waals surface area (Å²) in [5.74, 6) is -0.198. The maximum atomic E-state index is 11.7. The van der Waals surface area contributed by atoms with Crippen molar-refractivity contribution < 1.29 is 14.3 Å². The highest BCUT2D eigenvalue weighted by atomic mass is 16.6. The van der Waals surface area contributed by atoms with Crippen LogP contribution in [-0.4, -0.2) is 48.1 Å². The average Bonchev–Trinajstić information content (AvgIpc) is 2.18. The number of piperazine rings is 1. The minimum absolute atomic E-state index is 0.0554. The van der Waals surface area contributed by atoms with E-state index in [1.165, 1.54) is 0 Å². The lowest BCUT2D eigenvalue weighted by Gasteiger charge is -2.31. The van der Waals surface area contributed by atoms with Gasteiger partial charge in [0.2, 0.25) is 5.91 Å². The number of ether oxygens (including phenoxy) is 1.